The molecule has 2 aliphatic carbocycles. The molecule has 1 aliphatic heterocycles. The molecule has 1 aromatic carbocycles. The molecule has 0 amide bonds. The van der Waals surface area contributed by atoms with Gasteiger partial charge in [-0.1, -0.05) is 37.6 Å². The molecule has 1 heterocycles. The summed E-state index contributed by atoms with van der Waals surface area (Å²) in [6.07, 6.45) is 7.22. The van der Waals surface area contributed by atoms with E-state index in [1.165, 1.54) is 63.0 Å². The number of hydrogen-bond donors (Lipinski definition) is 0. The number of benzene rings is 1. The topological polar surface area (TPSA) is 6.48 Å². The summed E-state index contributed by atoms with van der Waals surface area (Å²) in [5.74, 6) is 2.11. The second kappa shape index (κ2) is 6.33. The van der Waals surface area contributed by atoms with Crippen LogP contribution in [0.3, 0.4) is 0 Å². The molecule has 3 fully saturated rings. The van der Waals surface area contributed by atoms with Crippen molar-refractivity contribution in [3.8, 4) is 0 Å². The monoisotopic (exact) mass is 298 g/mol. The van der Waals surface area contributed by atoms with Crippen molar-refractivity contribution in [2.45, 2.75) is 51.6 Å². The van der Waals surface area contributed by atoms with Crippen LogP contribution in [0.1, 0.15) is 43.7 Å². The Labute approximate surface area is 135 Å². The highest BCUT2D eigenvalue weighted by Crippen LogP contribution is 2.46. The third-order valence-electron chi connectivity index (χ3n) is 6.41. The third kappa shape index (κ3) is 2.96. The first-order chi connectivity index (χ1) is 10.8. The second-order valence-corrected chi connectivity index (χ2v) is 7.72. The van der Waals surface area contributed by atoms with Gasteiger partial charge in [-0.3, -0.25) is 9.80 Å². The number of rotatable bonds is 4. The van der Waals surface area contributed by atoms with E-state index < -0.39 is 0 Å². The Hall–Kier alpha value is -0.860. The highest BCUT2D eigenvalue weighted by molar-refractivity contribution is 5.22. The number of piperazine rings is 1. The molecule has 22 heavy (non-hydrogen) atoms. The Kier molecular flexibility index (Phi) is 4.23. The first-order valence-electron chi connectivity index (χ1n) is 9.36. The average molecular weight is 298 g/mol. The molecule has 1 aromatic rings. The summed E-state index contributed by atoms with van der Waals surface area (Å²) in [7, 11) is 0. The van der Waals surface area contributed by atoms with E-state index in [0.717, 1.165) is 30.8 Å². The van der Waals surface area contributed by atoms with Gasteiger partial charge in [0, 0.05) is 38.8 Å². The van der Waals surface area contributed by atoms with Crippen LogP contribution in [0.5, 0.6) is 0 Å². The van der Waals surface area contributed by atoms with Gasteiger partial charge in [-0.2, -0.15) is 0 Å². The van der Waals surface area contributed by atoms with Crippen molar-refractivity contribution in [3.05, 3.63) is 35.4 Å². The molecule has 3 unspecified atom stereocenters. The maximum atomic E-state index is 2.82. The van der Waals surface area contributed by atoms with Crippen LogP contribution in [0.4, 0.5) is 0 Å². The number of fused-ring (bicyclic) bond motifs is 2. The summed E-state index contributed by atoms with van der Waals surface area (Å²) in [4.78, 5) is 5.46. The zero-order chi connectivity index (χ0) is 14.9. The first kappa shape index (κ1) is 14.7. The van der Waals surface area contributed by atoms with E-state index >= 15 is 0 Å². The Morgan fingerprint density at radius 2 is 1.64 bits per heavy atom. The molecule has 1 saturated heterocycles. The molecule has 4 rings (SSSR count). The van der Waals surface area contributed by atoms with Crippen molar-refractivity contribution in [2.75, 3.05) is 26.2 Å². The third-order valence-corrected chi connectivity index (χ3v) is 6.41. The molecular weight excluding hydrogens is 268 g/mol. The molecular formula is C20H30N2. The van der Waals surface area contributed by atoms with E-state index in [1.807, 2.05) is 0 Å². The van der Waals surface area contributed by atoms with Gasteiger partial charge in [-0.05, 0) is 48.6 Å². The Bertz CT molecular complexity index is 487. The van der Waals surface area contributed by atoms with Crippen molar-refractivity contribution < 1.29 is 0 Å². The molecule has 2 nitrogen and oxygen atoms in total. The van der Waals surface area contributed by atoms with Gasteiger partial charge in [-0.25, -0.2) is 0 Å². The summed E-state index contributed by atoms with van der Waals surface area (Å²) in [6, 6.07) is 10.2. The summed E-state index contributed by atoms with van der Waals surface area (Å²) in [6.45, 7) is 8.45. The lowest BCUT2D eigenvalue weighted by atomic mass is 9.93. The summed E-state index contributed by atoms with van der Waals surface area (Å²) >= 11 is 0. The quantitative estimate of drug-likeness (QED) is 0.838. The smallest absolute Gasteiger partial charge is 0.0234 e. The van der Waals surface area contributed by atoms with Crippen LogP contribution in [0.15, 0.2) is 24.3 Å². The Balaban J connectivity index is 1.28. The molecule has 3 aliphatic rings. The van der Waals surface area contributed by atoms with Crippen LogP contribution in [-0.2, 0) is 13.0 Å². The standard InChI is InChI=1S/C20H30N2/c1-2-16-3-5-17(6-4-16)15-21-9-11-22(12-10-21)20-14-18-7-8-19(20)13-18/h3-6,18-20H,2,7-15H2,1H3. The van der Waals surface area contributed by atoms with Crippen molar-refractivity contribution >= 4 is 0 Å². The fraction of sp³-hybridized carbons (Fsp3) is 0.700. The van der Waals surface area contributed by atoms with Crippen molar-refractivity contribution in [1.82, 2.24) is 9.80 Å². The largest absolute Gasteiger partial charge is 0.298 e. The van der Waals surface area contributed by atoms with Crippen molar-refractivity contribution in [3.63, 3.8) is 0 Å². The Morgan fingerprint density at radius 1 is 0.909 bits per heavy atom. The molecule has 0 aromatic heterocycles. The van der Waals surface area contributed by atoms with Crippen LogP contribution >= 0.6 is 0 Å². The lowest BCUT2D eigenvalue weighted by molar-refractivity contribution is 0.0679. The molecule has 2 heteroatoms. The van der Waals surface area contributed by atoms with Gasteiger partial charge in [0.25, 0.3) is 0 Å². The number of hydrogen-bond acceptors (Lipinski definition) is 2. The minimum atomic E-state index is 0.935. The fourth-order valence-corrected chi connectivity index (χ4v) is 5.05. The fourth-order valence-electron chi connectivity index (χ4n) is 5.05. The second-order valence-electron chi connectivity index (χ2n) is 7.72. The van der Waals surface area contributed by atoms with Crippen molar-refractivity contribution in [1.29, 1.82) is 0 Å². The number of aryl methyl sites for hydroxylation is 1. The van der Waals surface area contributed by atoms with Crippen molar-refractivity contribution in [2.24, 2.45) is 11.8 Å². The average Bonchev–Trinajstić information content (AvgIpc) is 3.19. The lowest BCUT2D eigenvalue weighted by Crippen LogP contribution is -2.51. The van der Waals surface area contributed by atoms with Gasteiger partial charge in [0.15, 0.2) is 0 Å². The van der Waals surface area contributed by atoms with Gasteiger partial charge in [-0.15, -0.1) is 0 Å². The molecule has 0 radical (unpaired) electrons. The molecule has 2 saturated carbocycles. The normalized spacial score (nSPS) is 32.7. The van der Waals surface area contributed by atoms with E-state index in [-0.39, 0.29) is 0 Å². The van der Waals surface area contributed by atoms with Crippen LogP contribution < -0.4 is 0 Å². The van der Waals surface area contributed by atoms with Crippen LogP contribution in [-0.4, -0.2) is 42.0 Å². The summed E-state index contributed by atoms with van der Waals surface area (Å²) in [5, 5.41) is 0. The van der Waals surface area contributed by atoms with Gasteiger partial charge in [0.1, 0.15) is 0 Å². The highest BCUT2D eigenvalue weighted by atomic mass is 15.3. The van der Waals surface area contributed by atoms with Gasteiger partial charge in [0.2, 0.25) is 0 Å². The van der Waals surface area contributed by atoms with Gasteiger partial charge < -0.3 is 0 Å². The highest BCUT2D eigenvalue weighted by Gasteiger charge is 2.42. The van der Waals surface area contributed by atoms with E-state index in [9.17, 15) is 0 Å². The minimum Gasteiger partial charge on any atom is -0.298 e. The lowest BCUT2D eigenvalue weighted by Gasteiger charge is -2.41. The zero-order valence-electron chi connectivity index (χ0n) is 14.0. The molecule has 2 bridgehead atoms. The van der Waals surface area contributed by atoms with Gasteiger partial charge >= 0.3 is 0 Å². The predicted octanol–water partition coefficient (Wildman–Crippen LogP) is 3.56. The van der Waals surface area contributed by atoms with E-state index in [1.54, 1.807) is 0 Å². The van der Waals surface area contributed by atoms with E-state index in [0.29, 0.717) is 0 Å². The predicted molar refractivity (Wildman–Crippen MR) is 91.9 cm³/mol. The Morgan fingerprint density at radius 3 is 2.23 bits per heavy atom. The molecule has 0 N–H and O–H groups in total. The van der Waals surface area contributed by atoms with Crippen LogP contribution in [0.2, 0.25) is 0 Å². The SMILES string of the molecule is CCc1ccc(CN2CCN(C3CC4CCC3C4)CC2)cc1. The van der Waals surface area contributed by atoms with Crippen LogP contribution in [0.25, 0.3) is 0 Å². The van der Waals surface area contributed by atoms with Gasteiger partial charge in [0.05, 0.1) is 0 Å². The maximum Gasteiger partial charge on any atom is 0.0234 e. The molecule has 3 atom stereocenters. The summed E-state index contributed by atoms with van der Waals surface area (Å²) < 4.78 is 0. The van der Waals surface area contributed by atoms with E-state index in [2.05, 4.69) is 41.0 Å². The zero-order valence-corrected chi connectivity index (χ0v) is 14.0. The summed E-state index contributed by atoms with van der Waals surface area (Å²) in [5.41, 5.74) is 2.93. The number of nitrogens with zero attached hydrogens (tertiary/aromatic N) is 2. The molecule has 120 valence electrons. The molecule has 0 spiro atoms. The first-order valence-corrected chi connectivity index (χ1v) is 9.36. The van der Waals surface area contributed by atoms with Crippen LogP contribution in [0, 0.1) is 11.8 Å². The van der Waals surface area contributed by atoms with E-state index in [4.69, 9.17) is 0 Å². The maximum absolute atomic E-state index is 2.82. The minimum absolute atomic E-state index is 0.935.